The summed E-state index contributed by atoms with van der Waals surface area (Å²) in [7, 11) is 0. The van der Waals surface area contributed by atoms with Crippen LogP contribution in [-0.2, 0) is 0 Å². The van der Waals surface area contributed by atoms with Crippen LogP contribution >= 0.6 is 0 Å². The fourth-order valence-corrected chi connectivity index (χ4v) is 2.35. The van der Waals surface area contributed by atoms with Crippen LogP contribution in [0.4, 0.5) is 17.1 Å². The highest BCUT2D eigenvalue weighted by atomic mass is 16.6. The van der Waals surface area contributed by atoms with Gasteiger partial charge in [0.25, 0.3) is 17.3 Å². The Balaban J connectivity index is 1.66. The van der Waals surface area contributed by atoms with Crippen molar-refractivity contribution in [2.24, 2.45) is 0 Å². The van der Waals surface area contributed by atoms with E-state index in [-0.39, 0.29) is 11.4 Å². The van der Waals surface area contributed by atoms with Crippen molar-refractivity contribution in [2.75, 3.05) is 5.32 Å². The molecule has 0 saturated carbocycles. The molecular weight excluding hydrogens is 366 g/mol. The van der Waals surface area contributed by atoms with Crippen LogP contribution in [0, 0.1) is 20.2 Å². The summed E-state index contributed by atoms with van der Waals surface area (Å²) in [6.07, 6.45) is 0. The van der Waals surface area contributed by atoms with E-state index < -0.39 is 15.8 Å². The molecule has 0 heterocycles. The number of nitrogens with one attached hydrogen (secondary N) is 1. The van der Waals surface area contributed by atoms with Crippen molar-refractivity contribution in [3.05, 3.63) is 98.6 Å². The highest BCUT2D eigenvalue weighted by Crippen LogP contribution is 2.24. The van der Waals surface area contributed by atoms with E-state index in [1.807, 2.05) is 0 Å². The lowest BCUT2D eigenvalue weighted by Gasteiger charge is -2.08. The van der Waals surface area contributed by atoms with Crippen LogP contribution in [0.1, 0.15) is 10.4 Å². The second kappa shape index (κ2) is 7.96. The summed E-state index contributed by atoms with van der Waals surface area (Å²) < 4.78 is 5.58. The number of nitro groups is 2. The number of carbonyl (C=O) groups is 1. The molecule has 0 atom stereocenters. The lowest BCUT2D eigenvalue weighted by molar-refractivity contribution is -0.385. The molecule has 1 amide bonds. The van der Waals surface area contributed by atoms with Gasteiger partial charge in [0.2, 0.25) is 0 Å². The second-order valence-corrected chi connectivity index (χ2v) is 5.64. The monoisotopic (exact) mass is 379 g/mol. The Morgan fingerprint density at radius 1 is 0.786 bits per heavy atom. The van der Waals surface area contributed by atoms with Gasteiger partial charge in [-0.25, -0.2) is 0 Å². The van der Waals surface area contributed by atoms with E-state index in [4.69, 9.17) is 4.74 Å². The standard InChI is InChI=1S/C19H13N3O6/c23-19(20-14-2-1-3-16(12-14)22(26)27)13-4-8-17(9-5-13)28-18-10-6-15(7-11-18)21(24)25/h1-12H,(H,20,23). The average Bonchev–Trinajstić information content (AvgIpc) is 2.69. The van der Waals surface area contributed by atoms with Gasteiger partial charge in [-0.3, -0.25) is 25.0 Å². The first-order chi connectivity index (χ1) is 13.4. The molecule has 3 aromatic carbocycles. The van der Waals surface area contributed by atoms with Gasteiger partial charge in [-0.2, -0.15) is 0 Å². The van der Waals surface area contributed by atoms with Crippen molar-refractivity contribution in [1.29, 1.82) is 0 Å². The maximum Gasteiger partial charge on any atom is 0.271 e. The Morgan fingerprint density at radius 3 is 1.93 bits per heavy atom. The minimum Gasteiger partial charge on any atom is -0.457 e. The van der Waals surface area contributed by atoms with Gasteiger partial charge in [0.05, 0.1) is 9.85 Å². The smallest absolute Gasteiger partial charge is 0.271 e. The van der Waals surface area contributed by atoms with E-state index in [1.165, 1.54) is 54.6 Å². The summed E-state index contributed by atoms with van der Waals surface area (Å²) in [5.41, 5.74) is 0.484. The van der Waals surface area contributed by atoms with Crippen LogP contribution < -0.4 is 10.1 Å². The molecule has 0 spiro atoms. The molecule has 3 rings (SSSR count). The number of hydrogen-bond donors (Lipinski definition) is 1. The fraction of sp³-hybridized carbons (Fsp3) is 0. The maximum absolute atomic E-state index is 12.3. The third-order valence-corrected chi connectivity index (χ3v) is 3.71. The summed E-state index contributed by atoms with van der Waals surface area (Å²) in [5, 5.41) is 24.0. The molecule has 0 radical (unpaired) electrons. The van der Waals surface area contributed by atoms with Crippen LogP contribution in [-0.4, -0.2) is 15.8 Å². The number of rotatable bonds is 6. The third kappa shape index (κ3) is 4.47. The number of non-ortho nitro benzene ring substituents is 2. The maximum atomic E-state index is 12.3. The Hall–Kier alpha value is -4.27. The zero-order valence-electron chi connectivity index (χ0n) is 14.3. The third-order valence-electron chi connectivity index (χ3n) is 3.71. The number of anilines is 1. The normalized spacial score (nSPS) is 10.1. The summed E-state index contributed by atoms with van der Waals surface area (Å²) in [4.78, 5) is 32.7. The van der Waals surface area contributed by atoms with Crippen molar-refractivity contribution < 1.29 is 19.4 Å². The average molecular weight is 379 g/mol. The van der Waals surface area contributed by atoms with Gasteiger partial charge in [0.1, 0.15) is 11.5 Å². The molecular formula is C19H13N3O6. The molecule has 0 aromatic heterocycles. The number of hydrogen-bond acceptors (Lipinski definition) is 6. The van der Waals surface area contributed by atoms with Crippen LogP contribution in [0.2, 0.25) is 0 Å². The molecule has 0 aliphatic rings. The number of nitrogens with zero attached hydrogens (tertiary/aromatic N) is 2. The van der Waals surface area contributed by atoms with Crippen molar-refractivity contribution in [3.63, 3.8) is 0 Å². The number of ether oxygens (including phenoxy) is 1. The van der Waals surface area contributed by atoms with E-state index in [2.05, 4.69) is 5.32 Å². The minimum atomic E-state index is -0.542. The van der Waals surface area contributed by atoms with E-state index in [9.17, 15) is 25.0 Å². The van der Waals surface area contributed by atoms with Gasteiger partial charge >= 0.3 is 0 Å². The molecule has 140 valence electrons. The Labute approximate surface area is 158 Å². The van der Waals surface area contributed by atoms with Gasteiger partial charge < -0.3 is 10.1 Å². The number of amides is 1. The van der Waals surface area contributed by atoms with Crippen molar-refractivity contribution >= 4 is 23.0 Å². The molecule has 0 aliphatic carbocycles. The molecule has 0 unspecified atom stereocenters. The SMILES string of the molecule is O=C(Nc1cccc([N+](=O)[O-])c1)c1ccc(Oc2ccc([N+](=O)[O-])cc2)cc1. The van der Waals surface area contributed by atoms with Gasteiger partial charge in [0.15, 0.2) is 0 Å². The highest BCUT2D eigenvalue weighted by molar-refractivity contribution is 6.04. The fourth-order valence-electron chi connectivity index (χ4n) is 2.35. The minimum absolute atomic E-state index is 0.0412. The number of benzene rings is 3. The molecule has 9 heteroatoms. The van der Waals surface area contributed by atoms with Crippen molar-refractivity contribution in [3.8, 4) is 11.5 Å². The first kappa shape index (κ1) is 18.5. The van der Waals surface area contributed by atoms with Gasteiger partial charge in [0, 0.05) is 35.5 Å². The molecule has 3 aromatic rings. The summed E-state index contributed by atoms with van der Waals surface area (Å²) in [6.45, 7) is 0. The molecule has 0 aliphatic heterocycles. The Bertz CT molecular complexity index is 1030. The topological polar surface area (TPSA) is 125 Å². The molecule has 9 nitrogen and oxygen atoms in total. The first-order valence-corrected chi connectivity index (χ1v) is 8.00. The van der Waals surface area contributed by atoms with E-state index in [1.54, 1.807) is 18.2 Å². The summed E-state index contributed by atoms with van der Waals surface area (Å²) in [6, 6.07) is 17.5. The van der Waals surface area contributed by atoms with Crippen molar-refractivity contribution in [2.45, 2.75) is 0 Å². The predicted octanol–water partition coefficient (Wildman–Crippen LogP) is 4.55. The van der Waals surface area contributed by atoms with Gasteiger partial charge in [-0.05, 0) is 42.5 Å². The zero-order chi connectivity index (χ0) is 20.1. The summed E-state index contributed by atoms with van der Waals surface area (Å²) >= 11 is 0. The van der Waals surface area contributed by atoms with Crippen molar-refractivity contribution in [1.82, 2.24) is 0 Å². The number of nitro benzene ring substituents is 2. The van der Waals surface area contributed by atoms with Gasteiger partial charge in [-0.1, -0.05) is 6.07 Å². The lowest BCUT2D eigenvalue weighted by Crippen LogP contribution is -2.11. The van der Waals surface area contributed by atoms with E-state index >= 15 is 0 Å². The van der Waals surface area contributed by atoms with E-state index in [0.29, 0.717) is 22.7 Å². The Morgan fingerprint density at radius 2 is 1.36 bits per heavy atom. The van der Waals surface area contributed by atoms with Crippen LogP contribution in [0.3, 0.4) is 0 Å². The molecule has 0 fully saturated rings. The Kier molecular flexibility index (Phi) is 5.26. The second-order valence-electron chi connectivity index (χ2n) is 5.64. The largest absolute Gasteiger partial charge is 0.457 e. The van der Waals surface area contributed by atoms with Crippen LogP contribution in [0.15, 0.2) is 72.8 Å². The first-order valence-electron chi connectivity index (χ1n) is 8.00. The van der Waals surface area contributed by atoms with Crippen LogP contribution in [0.5, 0.6) is 11.5 Å². The van der Waals surface area contributed by atoms with Crippen LogP contribution in [0.25, 0.3) is 0 Å². The zero-order valence-corrected chi connectivity index (χ0v) is 14.3. The van der Waals surface area contributed by atoms with Gasteiger partial charge in [-0.15, -0.1) is 0 Å². The summed E-state index contributed by atoms with van der Waals surface area (Å²) in [5.74, 6) is 0.433. The highest BCUT2D eigenvalue weighted by Gasteiger charge is 2.10. The molecule has 0 saturated heterocycles. The lowest BCUT2D eigenvalue weighted by atomic mass is 10.2. The van der Waals surface area contributed by atoms with E-state index in [0.717, 1.165) is 0 Å². The quantitative estimate of drug-likeness (QED) is 0.495. The predicted molar refractivity (Wildman–Crippen MR) is 101 cm³/mol. The molecule has 28 heavy (non-hydrogen) atoms. The molecule has 1 N–H and O–H groups in total. The number of carbonyl (C=O) groups excluding carboxylic acids is 1. The molecule has 0 bridgehead atoms.